The second-order valence-corrected chi connectivity index (χ2v) is 7.51. The number of nitrogens with one attached hydrogen (secondary N) is 1. The van der Waals surface area contributed by atoms with Gasteiger partial charge in [0.15, 0.2) is 11.5 Å². The molecule has 1 N–H and O–H groups in total. The summed E-state index contributed by atoms with van der Waals surface area (Å²) in [5, 5.41) is 2.97. The Labute approximate surface area is 166 Å². The molecule has 2 aromatic rings. The van der Waals surface area contributed by atoms with Gasteiger partial charge in [-0.05, 0) is 35.7 Å². The molecule has 0 atom stereocenters. The fourth-order valence-corrected chi connectivity index (χ4v) is 3.56. The van der Waals surface area contributed by atoms with Gasteiger partial charge in [0.2, 0.25) is 0 Å². The van der Waals surface area contributed by atoms with Crippen LogP contribution in [-0.4, -0.2) is 50.3 Å². The number of rotatable bonds is 3. The molecule has 0 aliphatic carbocycles. The Kier molecular flexibility index (Phi) is 5.28. The summed E-state index contributed by atoms with van der Waals surface area (Å²) in [7, 11) is 0. The molecule has 28 heavy (non-hydrogen) atoms. The summed E-state index contributed by atoms with van der Waals surface area (Å²) >= 11 is 0. The number of benzene rings is 2. The van der Waals surface area contributed by atoms with Gasteiger partial charge in [-0.3, -0.25) is 0 Å². The first-order valence-corrected chi connectivity index (χ1v) is 9.90. The van der Waals surface area contributed by atoms with Crippen molar-refractivity contribution in [2.75, 3.05) is 49.6 Å². The summed E-state index contributed by atoms with van der Waals surface area (Å²) in [6.07, 6.45) is 0. The highest BCUT2D eigenvalue weighted by Gasteiger charge is 2.22. The molecule has 0 unspecified atom stereocenters. The monoisotopic (exact) mass is 381 g/mol. The van der Waals surface area contributed by atoms with Crippen LogP contribution in [0, 0.1) is 0 Å². The van der Waals surface area contributed by atoms with Crippen molar-refractivity contribution in [3.63, 3.8) is 0 Å². The number of urea groups is 1. The van der Waals surface area contributed by atoms with Crippen LogP contribution in [0.4, 0.5) is 16.2 Å². The molecule has 0 bridgehead atoms. The number of hydrogen-bond donors (Lipinski definition) is 1. The highest BCUT2D eigenvalue weighted by atomic mass is 16.6. The van der Waals surface area contributed by atoms with Crippen molar-refractivity contribution in [2.45, 2.75) is 19.8 Å². The van der Waals surface area contributed by atoms with Crippen LogP contribution in [0.1, 0.15) is 25.3 Å². The molecule has 6 heteroatoms. The van der Waals surface area contributed by atoms with Crippen molar-refractivity contribution >= 4 is 17.4 Å². The van der Waals surface area contributed by atoms with E-state index in [1.54, 1.807) is 0 Å². The summed E-state index contributed by atoms with van der Waals surface area (Å²) in [6.45, 7) is 8.55. The molecular formula is C22H27N3O3. The first-order chi connectivity index (χ1) is 13.6. The van der Waals surface area contributed by atoms with E-state index in [1.165, 1.54) is 11.3 Å². The zero-order valence-electron chi connectivity index (χ0n) is 16.5. The molecule has 1 fully saturated rings. The Morgan fingerprint density at radius 2 is 1.61 bits per heavy atom. The van der Waals surface area contributed by atoms with Gasteiger partial charge in [-0.25, -0.2) is 4.79 Å². The van der Waals surface area contributed by atoms with Gasteiger partial charge in [-0.15, -0.1) is 0 Å². The Bertz CT molecular complexity index is 827. The van der Waals surface area contributed by atoms with Gasteiger partial charge in [0.1, 0.15) is 13.2 Å². The van der Waals surface area contributed by atoms with Crippen molar-refractivity contribution in [3.8, 4) is 11.5 Å². The molecule has 0 spiro atoms. The van der Waals surface area contributed by atoms with Crippen molar-refractivity contribution in [1.82, 2.24) is 4.90 Å². The van der Waals surface area contributed by atoms with Gasteiger partial charge in [0, 0.05) is 43.6 Å². The average molecular weight is 381 g/mol. The third kappa shape index (κ3) is 4.01. The largest absolute Gasteiger partial charge is 0.486 e. The van der Waals surface area contributed by atoms with Crippen LogP contribution in [-0.2, 0) is 0 Å². The fraction of sp³-hybridized carbons (Fsp3) is 0.409. The molecule has 148 valence electrons. The molecule has 2 aliphatic heterocycles. The topological polar surface area (TPSA) is 54.0 Å². The second kappa shape index (κ2) is 8.00. The Hall–Kier alpha value is -2.89. The van der Waals surface area contributed by atoms with Gasteiger partial charge in [-0.2, -0.15) is 0 Å². The predicted molar refractivity (Wildman–Crippen MR) is 111 cm³/mol. The van der Waals surface area contributed by atoms with Crippen molar-refractivity contribution < 1.29 is 14.3 Å². The van der Waals surface area contributed by atoms with Gasteiger partial charge in [0.25, 0.3) is 0 Å². The Balaban J connectivity index is 1.32. The van der Waals surface area contributed by atoms with E-state index < -0.39 is 0 Å². The number of ether oxygens (including phenoxy) is 2. The SMILES string of the molecule is CC(C)c1ccc(N2CCN(C(=O)Nc3ccc4c(c3)OCCO4)CC2)cc1. The van der Waals surface area contributed by atoms with Crippen LogP contribution in [0.5, 0.6) is 11.5 Å². The first-order valence-electron chi connectivity index (χ1n) is 9.90. The molecule has 1 saturated heterocycles. The lowest BCUT2D eigenvalue weighted by molar-refractivity contribution is 0.171. The number of nitrogens with zero attached hydrogens (tertiary/aromatic N) is 2. The molecular weight excluding hydrogens is 354 g/mol. The van der Waals surface area contributed by atoms with Crippen LogP contribution in [0.2, 0.25) is 0 Å². The van der Waals surface area contributed by atoms with Crippen molar-refractivity contribution in [2.24, 2.45) is 0 Å². The maximum atomic E-state index is 12.6. The molecule has 6 nitrogen and oxygen atoms in total. The molecule has 4 rings (SSSR count). The third-order valence-electron chi connectivity index (χ3n) is 5.29. The van der Waals surface area contributed by atoms with Crippen LogP contribution < -0.4 is 19.7 Å². The molecule has 0 radical (unpaired) electrons. The number of amides is 2. The van der Waals surface area contributed by atoms with Gasteiger partial charge in [0.05, 0.1) is 0 Å². The van der Waals surface area contributed by atoms with E-state index in [-0.39, 0.29) is 6.03 Å². The number of carbonyl (C=O) groups is 1. The summed E-state index contributed by atoms with van der Waals surface area (Å²) < 4.78 is 11.1. The minimum absolute atomic E-state index is 0.0773. The van der Waals surface area contributed by atoms with Crippen LogP contribution >= 0.6 is 0 Å². The molecule has 0 aromatic heterocycles. The first kappa shape index (κ1) is 18.5. The quantitative estimate of drug-likeness (QED) is 0.875. The maximum absolute atomic E-state index is 12.6. The number of piperazine rings is 1. The van der Waals surface area contributed by atoms with E-state index in [0.717, 1.165) is 24.5 Å². The zero-order chi connectivity index (χ0) is 19.5. The summed E-state index contributed by atoms with van der Waals surface area (Å²) in [6, 6.07) is 14.2. The third-order valence-corrected chi connectivity index (χ3v) is 5.29. The minimum Gasteiger partial charge on any atom is -0.486 e. The predicted octanol–water partition coefficient (Wildman–Crippen LogP) is 3.94. The molecule has 0 saturated carbocycles. The summed E-state index contributed by atoms with van der Waals surface area (Å²) in [5.74, 6) is 1.94. The Morgan fingerprint density at radius 3 is 2.29 bits per heavy atom. The number of carbonyl (C=O) groups excluding carboxylic acids is 1. The molecule has 2 amide bonds. The zero-order valence-corrected chi connectivity index (χ0v) is 16.5. The summed E-state index contributed by atoms with van der Waals surface area (Å²) in [5.41, 5.74) is 3.29. The van der Waals surface area contributed by atoms with E-state index in [4.69, 9.17) is 9.47 Å². The second-order valence-electron chi connectivity index (χ2n) is 7.51. The van der Waals surface area contributed by atoms with E-state index in [0.29, 0.717) is 38.0 Å². The minimum atomic E-state index is -0.0773. The fourth-order valence-electron chi connectivity index (χ4n) is 3.56. The molecule has 2 aromatic carbocycles. The highest BCUT2D eigenvalue weighted by Crippen LogP contribution is 2.32. The van der Waals surface area contributed by atoms with Crippen LogP contribution in [0.15, 0.2) is 42.5 Å². The van der Waals surface area contributed by atoms with Gasteiger partial charge >= 0.3 is 6.03 Å². The number of hydrogen-bond acceptors (Lipinski definition) is 4. The van der Waals surface area contributed by atoms with Crippen molar-refractivity contribution in [1.29, 1.82) is 0 Å². The van der Waals surface area contributed by atoms with Crippen LogP contribution in [0.25, 0.3) is 0 Å². The smallest absolute Gasteiger partial charge is 0.321 e. The van der Waals surface area contributed by atoms with Crippen LogP contribution in [0.3, 0.4) is 0 Å². The number of anilines is 2. The van der Waals surface area contributed by atoms with E-state index in [1.807, 2.05) is 23.1 Å². The lowest BCUT2D eigenvalue weighted by Gasteiger charge is -2.36. The molecule has 2 aliphatic rings. The maximum Gasteiger partial charge on any atom is 0.321 e. The lowest BCUT2D eigenvalue weighted by atomic mass is 10.0. The van der Waals surface area contributed by atoms with Crippen molar-refractivity contribution in [3.05, 3.63) is 48.0 Å². The standard InChI is InChI=1S/C22H27N3O3/c1-16(2)17-3-6-19(7-4-17)24-9-11-25(12-10-24)22(26)23-18-5-8-20-21(15-18)28-14-13-27-20/h3-8,15-16H,9-14H2,1-2H3,(H,23,26). The molecule has 2 heterocycles. The highest BCUT2D eigenvalue weighted by molar-refractivity contribution is 5.90. The number of fused-ring (bicyclic) bond motifs is 1. The normalized spacial score (nSPS) is 16.2. The van der Waals surface area contributed by atoms with E-state index in [2.05, 4.69) is 48.3 Å². The van der Waals surface area contributed by atoms with E-state index >= 15 is 0 Å². The van der Waals surface area contributed by atoms with Gasteiger partial charge in [-0.1, -0.05) is 26.0 Å². The van der Waals surface area contributed by atoms with E-state index in [9.17, 15) is 4.79 Å². The summed E-state index contributed by atoms with van der Waals surface area (Å²) in [4.78, 5) is 16.8. The van der Waals surface area contributed by atoms with Gasteiger partial charge < -0.3 is 24.6 Å². The lowest BCUT2D eigenvalue weighted by Crippen LogP contribution is -2.50. The average Bonchev–Trinajstić information content (AvgIpc) is 2.74. The Morgan fingerprint density at radius 1 is 0.929 bits per heavy atom.